The smallest absolute Gasteiger partial charge is 0.317 e. The van der Waals surface area contributed by atoms with Crippen LogP contribution >= 0.6 is 0 Å². The van der Waals surface area contributed by atoms with E-state index in [2.05, 4.69) is 5.32 Å². The highest BCUT2D eigenvalue weighted by atomic mass is 19.1. The van der Waals surface area contributed by atoms with E-state index in [-0.39, 0.29) is 24.1 Å². The molecule has 1 saturated carbocycles. The van der Waals surface area contributed by atoms with Gasteiger partial charge >= 0.3 is 6.03 Å². The number of ether oxygens (including phenoxy) is 1. The highest BCUT2D eigenvalue weighted by Gasteiger charge is 2.25. The molecule has 0 bridgehead atoms. The molecular formula is C21H32FN3O2. The fourth-order valence-electron chi connectivity index (χ4n) is 4.23. The van der Waals surface area contributed by atoms with E-state index in [0.717, 1.165) is 18.4 Å². The van der Waals surface area contributed by atoms with Crippen LogP contribution in [-0.4, -0.2) is 49.3 Å². The highest BCUT2D eigenvalue weighted by molar-refractivity contribution is 5.74. The first-order valence-electron chi connectivity index (χ1n) is 10.1. The Labute approximate surface area is 161 Å². The number of carbonyl (C=O) groups excluding carboxylic acids is 1. The third-order valence-corrected chi connectivity index (χ3v) is 5.66. The minimum atomic E-state index is -0.247. The molecule has 5 nitrogen and oxygen atoms in total. The molecule has 1 aliphatic carbocycles. The Bertz CT molecular complexity index is 638. The van der Waals surface area contributed by atoms with E-state index in [9.17, 15) is 9.18 Å². The zero-order valence-corrected chi connectivity index (χ0v) is 16.7. The van der Waals surface area contributed by atoms with Crippen molar-refractivity contribution >= 4 is 11.7 Å². The van der Waals surface area contributed by atoms with Crippen LogP contribution in [0, 0.1) is 5.82 Å². The number of benzene rings is 1. The number of rotatable bonds is 4. The third-order valence-electron chi connectivity index (χ3n) is 5.66. The van der Waals surface area contributed by atoms with Crippen molar-refractivity contribution in [1.29, 1.82) is 0 Å². The van der Waals surface area contributed by atoms with Gasteiger partial charge in [0, 0.05) is 32.7 Å². The molecule has 2 unspecified atom stereocenters. The van der Waals surface area contributed by atoms with E-state index in [1.165, 1.54) is 25.3 Å². The van der Waals surface area contributed by atoms with Crippen LogP contribution in [-0.2, 0) is 11.3 Å². The summed E-state index contributed by atoms with van der Waals surface area (Å²) in [5.74, 6) is -0.247. The van der Waals surface area contributed by atoms with Gasteiger partial charge in [0.05, 0.1) is 17.9 Å². The standard InChI is InChI=1S/C21H32FN3O2/c1-15-13-25(14-16(2)27-15)20-10-9-17(11-19(20)22)12-23-21(26)24(3)18-7-5-4-6-8-18/h9-11,15-16,18H,4-8,12-14H2,1-3H3,(H,23,26). The predicted molar refractivity (Wildman–Crippen MR) is 105 cm³/mol. The molecule has 1 saturated heterocycles. The topological polar surface area (TPSA) is 44.8 Å². The van der Waals surface area contributed by atoms with Gasteiger partial charge < -0.3 is 19.9 Å². The van der Waals surface area contributed by atoms with Gasteiger partial charge in [-0.1, -0.05) is 25.3 Å². The van der Waals surface area contributed by atoms with Crippen molar-refractivity contribution in [3.8, 4) is 0 Å². The number of amides is 2. The van der Waals surface area contributed by atoms with Crippen molar-refractivity contribution in [3.63, 3.8) is 0 Å². The minimum absolute atomic E-state index is 0.0813. The summed E-state index contributed by atoms with van der Waals surface area (Å²) in [6.45, 7) is 5.72. The Morgan fingerprint density at radius 1 is 1.22 bits per heavy atom. The van der Waals surface area contributed by atoms with Crippen LogP contribution in [0.4, 0.5) is 14.9 Å². The van der Waals surface area contributed by atoms with Crippen molar-refractivity contribution in [2.45, 2.75) is 70.7 Å². The van der Waals surface area contributed by atoms with E-state index in [1.54, 1.807) is 4.90 Å². The molecule has 2 amide bonds. The first-order valence-corrected chi connectivity index (χ1v) is 10.1. The molecule has 150 valence electrons. The lowest BCUT2D eigenvalue weighted by Crippen LogP contribution is -2.45. The lowest BCUT2D eigenvalue weighted by Gasteiger charge is -2.37. The summed E-state index contributed by atoms with van der Waals surface area (Å²) in [7, 11) is 1.86. The van der Waals surface area contributed by atoms with Crippen LogP contribution in [0.3, 0.4) is 0 Å². The first-order chi connectivity index (χ1) is 12.9. The summed E-state index contributed by atoms with van der Waals surface area (Å²) in [6, 6.07) is 5.47. The van der Waals surface area contributed by atoms with Gasteiger partial charge in [-0.3, -0.25) is 0 Å². The first kappa shape index (κ1) is 19.9. The van der Waals surface area contributed by atoms with Crippen LogP contribution in [0.1, 0.15) is 51.5 Å². The Kier molecular flexibility index (Phi) is 6.58. The molecule has 3 rings (SSSR count). The van der Waals surface area contributed by atoms with Gasteiger partial charge in [-0.15, -0.1) is 0 Å². The summed E-state index contributed by atoms with van der Waals surface area (Å²) in [6.07, 6.45) is 5.96. The quantitative estimate of drug-likeness (QED) is 0.865. The van der Waals surface area contributed by atoms with Gasteiger partial charge in [0.25, 0.3) is 0 Å². The number of nitrogens with one attached hydrogen (secondary N) is 1. The van der Waals surface area contributed by atoms with E-state index in [4.69, 9.17) is 4.74 Å². The number of morpholine rings is 1. The van der Waals surface area contributed by atoms with E-state index >= 15 is 0 Å². The molecule has 0 radical (unpaired) electrons. The average Bonchev–Trinajstić information content (AvgIpc) is 2.65. The maximum atomic E-state index is 14.7. The second-order valence-electron chi connectivity index (χ2n) is 8.01. The number of halogens is 1. The summed E-state index contributed by atoms with van der Waals surface area (Å²) in [5, 5.41) is 2.92. The Morgan fingerprint density at radius 2 is 1.89 bits per heavy atom. The number of hydrogen-bond acceptors (Lipinski definition) is 3. The maximum Gasteiger partial charge on any atom is 0.317 e. The molecule has 1 aromatic carbocycles. The minimum Gasteiger partial charge on any atom is -0.372 e. The second-order valence-corrected chi connectivity index (χ2v) is 8.01. The van der Waals surface area contributed by atoms with Gasteiger partial charge in [-0.05, 0) is 44.4 Å². The highest BCUT2D eigenvalue weighted by Crippen LogP contribution is 2.25. The summed E-state index contributed by atoms with van der Waals surface area (Å²) >= 11 is 0. The molecule has 1 aromatic rings. The average molecular weight is 378 g/mol. The van der Waals surface area contributed by atoms with Crippen molar-refractivity contribution in [2.75, 3.05) is 25.0 Å². The maximum absolute atomic E-state index is 14.7. The molecule has 6 heteroatoms. The zero-order valence-electron chi connectivity index (χ0n) is 16.7. The molecule has 2 aliphatic rings. The van der Waals surface area contributed by atoms with Gasteiger partial charge in [0.1, 0.15) is 5.82 Å². The van der Waals surface area contributed by atoms with Gasteiger partial charge in [0.15, 0.2) is 0 Å². The number of carbonyl (C=O) groups is 1. The van der Waals surface area contributed by atoms with Crippen molar-refractivity contribution in [3.05, 3.63) is 29.6 Å². The van der Waals surface area contributed by atoms with Crippen LogP contribution in [0.2, 0.25) is 0 Å². The molecule has 1 heterocycles. The molecule has 27 heavy (non-hydrogen) atoms. The molecule has 1 N–H and O–H groups in total. The fourth-order valence-corrected chi connectivity index (χ4v) is 4.23. The van der Waals surface area contributed by atoms with Gasteiger partial charge in [-0.25, -0.2) is 9.18 Å². The largest absolute Gasteiger partial charge is 0.372 e. The summed E-state index contributed by atoms with van der Waals surface area (Å²) in [5.41, 5.74) is 1.38. The van der Waals surface area contributed by atoms with Crippen molar-refractivity contribution in [1.82, 2.24) is 10.2 Å². The molecule has 1 aliphatic heterocycles. The van der Waals surface area contributed by atoms with Crippen molar-refractivity contribution < 1.29 is 13.9 Å². The Morgan fingerprint density at radius 3 is 2.52 bits per heavy atom. The van der Waals surface area contributed by atoms with Crippen molar-refractivity contribution in [2.24, 2.45) is 0 Å². The number of nitrogens with zero attached hydrogens (tertiary/aromatic N) is 2. The fraction of sp³-hybridized carbons (Fsp3) is 0.667. The monoisotopic (exact) mass is 377 g/mol. The number of hydrogen-bond donors (Lipinski definition) is 1. The number of anilines is 1. The Hall–Kier alpha value is -1.82. The van der Waals surface area contributed by atoms with Crippen LogP contribution in [0.5, 0.6) is 0 Å². The van der Waals surface area contributed by atoms with E-state index in [1.807, 2.05) is 37.9 Å². The second kappa shape index (κ2) is 8.91. The predicted octanol–water partition coefficient (Wildman–Crippen LogP) is 3.91. The molecular weight excluding hydrogens is 345 g/mol. The SMILES string of the molecule is CC1CN(c2ccc(CNC(=O)N(C)C3CCCCC3)cc2F)CC(C)O1. The normalized spacial score (nSPS) is 23.9. The van der Waals surface area contributed by atoms with E-state index < -0.39 is 0 Å². The molecule has 2 fully saturated rings. The summed E-state index contributed by atoms with van der Waals surface area (Å²) in [4.78, 5) is 16.2. The zero-order chi connectivity index (χ0) is 19.4. The van der Waals surface area contributed by atoms with Gasteiger partial charge in [-0.2, -0.15) is 0 Å². The van der Waals surface area contributed by atoms with E-state index in [0.29, 0.717) is 31.4 Å². The molecule has 2 atom stereocenters. The summed E-state index contributed by atoms with van der Waals surface area (Å²) < 4.78 is 20.4. The third kappa shape index (κ3) is 5.12. The lowest BCUT2D eigenvalue weighted by molar-refractivity contribution is -0.00539. The lowest BCUT2D eigenvalue weighted by atomic mass is 9.95. The number of urea groups is 1. The van der Waals surface area contributed by atoms with Crippen LogP contribution < -0.4 is 10.2 Å². The molecule has 0 aromatic heterocycles. The van der Waals surface area contributed by atoms with Crippen LogP contribution in [0.25, 0.3) is 0 Å². The van der Waals surface area contributed by atoms with Gasteiger partial charge in [0.2, 0.25) is 0 Å². The molecule has 0 spiro atoms. The van der Waals surface area contributed by atoms with Crippen LogP contribution in [0.15, 0.2) is 18.2 Å². The Balaban J connectivity index is 1.56.